The Balaban J connectivity index is 1.79. The van der Waals surface area contributed by atoms with E-state index < -0.39 is 5.97 Å². The summed E-state index contributed by atoms with van der Waals surface area (Å²) in [6.07, 6.45) is 0. The predicted molar refractivity (Wildman–Crippen MR) is 92.9 cm³/mol. The third kappa shape index (κ3) is 3.43. The van der Waals surface area contributed by atoms with Gasteiger partial charge >= 0.3 is 5.97 Å². The molecule has 2 N–H and O–H groups in total. The second-order valence-corrected chi connectivity index (χ2v) is 5.82. The number of thiophene rings is 1. The number of carbonyl (C=O) groups is 1. The number of carbonyl (C=O) groups excluding carboxylic acids is 1. The molecule has 0 unspecified atom stereocenters. The van der Waals surface area contributed by atoms with E-state index in [1.165, 1.54) is 18.4 Å². The van der Waals surface area contributed by atoms with Crippen molar-refractivity contribution < 1.29 is 23.5 Å². The maximum atomic E-state index is 12.5. The van der Waals surface area contributed by atoms with E-state index in [0.717, 1.165) is 5.56 Å². The van der Waals surface area contributed by atoms with Gasteiger partial charge in [0.2, 0.25) is 5.88 Å². The fourth-order valence-electron chi connectivity index (χ4n) is 2.28. The van der Waals surface area contributed by atoms with Crippen LogP contribution in [0, 0.1) is 0 Å². The molecule has 7 nitrogen and oxygen atoms in total. The van der Waals surface area contributed by atoms with Gasteiger partial charge in [-0.1, -0.05) is 5.16 Å². The topological polar surface area (TPSA) is 96.8 Å². The fourth-order valence-corrected chi connectivity index (χ4v) is 2.92. The molecule has 25 heavy (non-hydrogen) atoms. The van der Waals surface area contributed by atoms with Crippen LogP contribution in [0.2, 0.25) is 0 Å². The maximum absolute atomic E-state index is 12.5. The van der Waals surface area contributed by atoms with Crippen LogP contribution in [0.4, 0.5) is 5.88 Å². The van der Waals surface area contributed by atoms with Gasteiger partial charge in [-0.15, -0.1) is 0 Å². The molecule has 1 aromatic carbocycles. The van der Waals surface area contributed by atoms with E-state index in [1.807, 2.05) is 16.8 Å². The summed E-state index contributed by atoms with van der Waals surface area (Å²) in [6.45, 7) is 0.0136. The van der Waals surface area contributed by atoms with Crippen molar-refractivity contribution in [2.75, 3.05) is 20.0 Å². The quantitative estimate of drug-likeness (QED) is 0.673. The summed E-state index contributed by atoms with van der Waals surface area (Å²) in [6, 6.07) is 7.07. The van der Waals surface area contributed by atoms with Crippen LogP contribution in [0.5, 0.6) is 11.5 Å². The van der Waals surface area contributed by atoms with Crippen LogP contribution in [0.1, 0.15) is 15.9 Å². The average molecular weight is 360 g/mol. The summed E-state index contributed by atoms with van der Waals surface area (Å²) < 4.78 is 20.8. The molecule has 0 saturated heterocycles. The lowest BCUT2D eigenvalue weighted by Crippen LogP contribution is -2.08. The number of benzene rings is 1. The molecule has 0 saturated carbocycles. The number of hydrogen-bond donors (Lipinski definition) is 1. The molecule has 2 aromatic heterocycles. The zero-order valence-corrected chi connectivity index (χ0v) is 14.5. The van der Waals surface area contributed by atoms with Crippen molar-refractivity contribution in [3.8, 4) is 22.8 Å². The highest BCUT2D eigenvalue weighted by molar-refractivity contribution is 7.08. The first-order chi connectivity index (χ1) is 12.1. The number of aromatic nitrogens is 1. The molecule has 0 atom stereocenters. The molecular formula is C17H16N2O5S. The zero-order valence-electron chi connectivity index (χ0n) is 13.6. The summed E-state index contributed by atoms with van der Waals surface area (Å²) in [7, 11) is 3.10. The number of hydrogen-bond acceptors (Lipinski definition) is 8. The summed E-state index contributed by atoms with van der Waals surface area (Å²) in [5.74, 6) is 0.518. The van der Waals surface area contributed by atoms with E-state index in [4.69, 9.17) is 24.5 Å². The van der Waals surface area contributed by atoms with Crippen LogP contribution in [0.3, 0.4) is 0 Å². The smallest absolute Gasteiger partial charge is 0.346 e. The van der Waals surface area contributed by atoms with Crippen molar-refractivity contribution in [1.82, 2.24) is 5.16 Å². The number of ether oxygens (including phenoxy) is 3. The van der Waals surface area contributed by atoms with E-state index in [-0.39, 0.29) is 18.1 Å². The molecule has 0 bridgehead atoms. The van der Waals surface area contributed by atoms with Crippen LogP contribution in [-0.2, 0) is 11.3 Å². The number of nitrogen functional groups attached to an aromatic ring is 1. The first-order valence-electron chi connectivity index (χ1n) is 7.29. The summed E-state index contributed by atoms with van der Waals surface area (Å²) in [5.41, 5.74) is 7.67. The monoisotopic (exact) mass is 360 g/mol. The molecule has 0 spiro atoms. The van der Waals surface area contributed by atoms with E-state index in [1.54, 1.807) is 25.3 Å². The van der Waals surface area contributed by atoms with Crippen molar-refractivity contribution >= 4 is 23.2 Å². The number of nitrogens with two attached hydrogens (primary N) is 1. The average Bonchev–Trinajstić information content (AvgIpc) is 3.28. The standard InChI is InChI=1S/C17H16N2O5S/c1-21-12-4-3-10(13(7-12)22-2)8-23-17(20)14-15(19-24-16(14)18)11-5-6-25-9-11/h3-7,9H,8,18H2,1-2H3. The Bertz CT molecular complexity index is 873. The summed E-state index contributed by atoms with van der Waals surface area (Å²) in [5, 5.41) is 7.58. The fraction of sp³-hybridized carbons (Fsp3) is 0.176. The second-order valence-electron chi connectivity index (χ2n) is 5.04. The molecule has 3 rings (SSSR count). The lowest BCUT2D eigenvalue weighted by Gasteiger charge is -2.11. The molecule has 2 heterocycles. The van der Waals surface area contributed by atoms with Crippen molar-refractivity contribution in [2.24, 2.45) is 0 Å². The van der Waals surface area contributed by atoms with Crippen LogP contribution in [0.15, 0.2) is 39.5 Å². The van der Waals surface area contributed by atoms with E-state index >= 15 is 0 Å². The molecule has 0 fully saturated rings. The molecule has 0 amide bonds. The first-order valence-corrected chi connectivity index (χ1v) is 8.24. The summed E-state index contributed by atoms with van der Waals surface area (Å²) >= 11 is 1.48. The number of rotatable bonds is 6. The van der Waals surface area contributed by atoms with E-state index in [9.17, 15) is 4.79 Å². The molecular weight excluding hydrogens is 344 g/mol. The number of nitrogens with zero attached hydrogens (tertiary/aromatic N) is 1. The number of methoxy groups -OCH3 is 2. The van der Waals surface area contributed by atoms with Gasteiger partial charge < -0.3 is 24.5 Å². The van der Waals surface area contributed by atoms with Gasteiger partial charge in [-0.2, -0.15) is 11.3 Å². The molecule has 130 valence electrons. The van der Waals surface area contributed by atoms with Crippen LogP contribution < -0.4 is 15.2 Å². The summed E-state index contributed by atoms with van der Waals surface area (Å²) in [4.78, 5) is 12.5. The lowest BCUT2D eigenvalue weighted by molar-refractivity contribution is 0.0472. The SMILES string of the molecule is COc1ccc(COC(=O)c2c(-c3ccsc3)noc2N)c(OC)c1. The van der Waals surface area contributed by atoms with Gasteiger partial charge in [-0.05, 0) is 23.6 Å². The predicted octanol–water partition coefficient (Wildman–Crippen LogP) is 3.36. The van der Waals surface area contributed by atoms with Gasteiger partial charge in [0.15, 0.2) is 5.56 Å². The molecule has 8 heteroatoms. The molecule has 0 radical (unpaired) electrons. The second kappa shape index (κ2) is 7.27. The van der Waals surface area contributed by atoms with Gasteiger partial charge in [0.25, 0.3) is 0 Å². The zero-order chi connectivity index (χ0) is 17.8. The Morgan fingerprint density at radius 3 is 2.80 bits per heavy atom. The minimum absolute atomic E-state index is 0.0136. The van der Waals surface area contributed by atoms with Gasteiger partial charge in [0, 0.05) is 22.6 Å². The maximum Gasteiger partial charge on any atom is 0.346 e. The molecule has 0 aliphatic rings. The number of esters is 1. The van der Waals surface area contributed by atoms with Crippen LogP contribution in [0.25, 0.3) is 11.3 Å². The van der Waals surface area contributed by atoms with Gasteiger partial charge in [-0.3, -0.25) is 0 Å². The van der Waals surface area contributed by atoms with Gasteiger partial charge in [-0.25, -0.2) is 4.79 Å². The third-order valence-electron chi connectivity index (χ3n) is 3.57. The highest BCUT2D eigenvalue weighted by atomic mass is 32.1. The molecule has 0 aliphatic heterocycles. The first kappa shape index (κ1) is 16.8. The number of anilines is 1. The van der Waals surface area contributed by atoms with Gasteiger partial charge in [0.05, 0.1) is 14.2 Å². The van der Waals surface area contributed by atoms with Crippen molar-refractivity contribution in [1.29, 1.82) is 0 Å². The third-order valence-corrected chi connectivity index (χ3v) is 4.25. The Kier molecular flexibility index (Phi) is 4.90. The largest absolute Gasteiger partial charge is 0.497 e. The molecule has 0 aliphatic carbocycles. The van der Waals surface area contributed by atoms with Crippen LogP contribution in [-0.4, -0.2) is 25.3 Å². The minimum atomic E-state index is -0.613. The molecule has 3 aromatic rings. The van der Waals surface area contributed by atoms with Crippen molar-refractivity contribution in [3.05, 3.63) is 46.2 Å². The van der Waals surface area contributed by atoms with E-state index in [2.05, 4.69) is 5.16 Å². The minimum Gasteiger partial charge on any atom is -0.497 e. The van der Waals surface area contributed by atoms with Crippen LogP contribution >= 0.6 is 11.3 Å². The van der Waals surface area contributed by atoms with Crippen molar-refractivity contribution in [3.63, 3.8) is 0 Å². The Hall–Kier alpha value is -3.00. The Morgan fingerprint density at radius 2 is 2.12 bits per heavy atom. The highest BCUT2D eigenvalue weighted by Crippen LogP contribution is 2.30. The highest BCUT2D eigenvalue weighted by Gasteiger charge is 2.24. The van der Waals surface area contributed by atoms with Gasteiger partial charge in [0.1, 0.15) is 23.8 Å². The van der Waals surface area contributed by atoms with E-state index in [0.29, 0.717) is 22.8 Å². The Labute approximate surface area is 147 Å². The van der Waals surface area contributed by atoms with Crippen molar-refractivity contribution in [2.45, 2.75) is 6.61 Å². The lowest BCUT2D eigenvalue weighted by atomic mass is 10.1. The normalized spacial score (nSPS) is 10.5. The Morgan fingerprint density at radius 1 is 1.28 bits per heavy atom.